The van der Waals surface area contributed by atoms with Gasteiger partial charge in [-0.25, -0.2) is 8.42 Å². The van der Waals surface area contributed by atoms with E-state index in [2.05, 4.69) is 26.1 Å². The molecule has 1 aliphatic heterocycles. The summed E-state index contributed by atoms with van der Waals surface area (Å²) in [6.07, 6.45) is 0.867. The number of carbonyl (C=O) groups is 3. The minimum atomic E-state index is -3.41. The lowest BCUT2D eigenvalue weighted by atomic mass is 9.87. The van der Waals surface area contributed by atoms with Gasteiger partial charge in [0.2, 0.25) is 5.91 Å². The van der Waals surface area contributed by atoms with Crippen molar-refractivity contribution >= 4 is 33.2 Å². The van der Waals surface area contributed by atoms with Crippen LogP contribution in [0.25, 0.3) is 0 Å². The second-order valence-corrected chi connectivity index (χ2v) is 11.0. The number of amides is 3. The molecule has 1 atom stereocenters. The first kappa shape index (κ1) is 22.7. The van der Waals surface area contributed by atoms with Crippen LogP contribution in [0.1, 0.15) is 53.5 Å². The van der Waals surface area contributed by atoms with Crippen LogP contribution in [-0.4, -0.2) is 49.1 Å². The molecule has 3 amide bonds. The van der Waals surface area contributed by atoms with E-state index in [0.29, 0.717) is 5.69 Å². The first-order valence-corrected chi connectivity index (χ1v) is 12.0. The molecule has 0 spiro atoms. The molecular weight excluding hydrogens is 416 g/mol. The second-order valence-electron chi connectivity index (χ2n) is 8.78. The molecule has 31 heavy (non-hydrogen) atoms. The number of nitrogens with one attached hydrogen (secondary N) is 1. The van der Waals surface area contributed by atoms with Gasteiger partial charge < -0.3 is 5.32 Å². The smallest absolute Gasteiger partial charge is 0.262 e. The number of carbonyl (C=O) groups excluding carboxylic acids is 3. The topological polar surface area (TPSA) is 101 Å². The van der Waals surface area contributed by atoms with E-state index < -0.39 is 33.6 Å². The van der Waals surface area contributed by atoms with Crippen LogP contribution in [0.3, 0.4) is 0 Å². The maximum atomic E-state index is 13.1. The summed E-state index contributed by atoms with van der Waals surface area (Å²) in [7, 11) is -3.41. The van der Waals surface area contributed by atoms with E-state index in [9.17, 15) is 22.8 Å². The van der Waals surface area contributed by atoms with Crippen LogP contribution >= 0.6 is 0 Å². The summed E-state index contributed by atoms with van der Waals surface area (Å²) < 4.78 is 23.4. The average molecular weight is 443 g/mol. The van der Waals surface area contributed by atoms with Crippen molar-refractivity contribution in [3.8, 4) is 0 Å². The molecule has 0 aromatic heterocycles. The Morgan fingerprint density at radius 2 is 1.48 bits per heavy atom. The Labute approximate surface area is 182 Å². The molecule has 1 heterocycles. The highest BCUT2D eigenvalue weighted by atomic mass is 32.2. The van der Waals surface area contributed by atoms with E-state index in [-0.39, 0.29) is 28.7 Å². The molecule has 0 saturated carbocycles. The van der Waals surface area contributed by atoms with Crippen LogP contribution in [0.5, 0.6) is 0 Å². The minimum absolute atomic E-state index is 0.0548. The Hall–Kier alpha value is -3.00. The largest absolute Gasteiger partial charge is 0.324 e. The molecule has 3 rings (SSSR count). The molecule has 7 nitrogen and oxygen atoms in total. The SMILES string of the molecule is CC(C)(C)c1ccc(NC(=O)C(CCS(C)(=O)=O)N2C(=O)c3ccccc3C2=O)cc1. The maximum Gasteiger partial charge on any atom is 0.262 e. The molecule has 0 aliphatic carbocycles. The third-order valence-corrected chi connectivity index (χ3v) is 6.20. The fraction of sp³-hybridized carbons (Fsp3) is 0.348. The molecule has 0 radical (unpaired) electrons. The standard InChI is InChI=1S/C23H26N2O5S/c1-23(2,3)15-9-11-16(12-10-15)24-20(26)19(13-14-31(4,29)30)25-21(27)17-7-5-6-8-18(17)22(25)28/h5-12,19H,13-14H2,1-4H3,(H,24,26). The summed E-state index contributed by atoms with van der Waals surface area (Å²) in [5.74, 6) is -2.14. The predicted molar refractivity (Wildman–Crippen MR) is 119 cm³/mol. The number of anilines is 1. The molecule has 8 heteroatoms. The fourth-order valence-electron chi connectivity index (χ4n) is 3.47. The summed E-state index contributed by atoms with van der Waals surface area (Å²) in [6, 6.07) is 12.3. The highest BCUT2D eigenvalue weighted by Crippen LogP contribution is 2.27. The van der Waals surface area contributed by atoms with E-state index in [1.807, 2.05) is 12.1 Å². The number of sulfone groups is 1. The van der Waals surface area contributed by atoms with E-state index in [0.717, 1.165) is 16.7 Å². The lowest BCUT2D eigenvalue weighted by molar-refractivity contribution is -0.120. The van der Waals surface area contributed by atoms with Crippen molar-refractivity contribution in [1.29, 1.82) is 0 Å². The van der Waals surface area contributed by atoms with Gasteiger partial charge in [0.1, 0.15) is 15.9 Å². The van der Waals surface area contributed by atoms with Gasteiger partial charge in [-0.15, -0.1) is 0 Å². The van der Waals surface area contributed by atoms with E-state index >= 15 is 0 Å². The Morgan fingerprint density at radius 3 is 1.94 bits per heavy atom. The Kier molecular flexibility index (Phi) is 6.04. The maximum absolute atomic E-state index is 13.1. The predicted octanol–water partition coefficient (Wildman–Crippen LogP) is 3.02. The molecule has 2 aromatic rings. The van der Waals surface area contributed by atoms with Crippen LogP contribution in [-0.2, 0) is 20.0 Å². The molecule has 0 saturated heterocycles. The van der Waals surface area contributed by atoms with Crippen molar-refractivity contribution in [1.82, 2.24) is 4.90 Å². The number of fused-ring (bicyclic) bond motifs is 1. The van der Waals surface area contributed by atoms with Gasteiger partial charge in [0, 0.05) is 11.9 Å². The third-order valence-electron chi connectivity index (χ3n) is 5.22. The zero-order valence-electron chi connectivity index (χ0n) is 18.0. The lowest BCUT2D eigenvalue weighted by Gasteiger charge is -2.25. The van der Waals surface area contributed by atoms with Crippen molar-refractivity contribution in [2.45, 2.75) is 38.6 Å². The van der Waals surface area contributed by atoms with Gasteiger partial charge in [0.25, 0.3) is 11.8 Å². The minimum Gasteiger partial charge on any atom is -0.324 e. The van der Waals surface area contributed by atoms with E-state index in [1.54, 1.807) is 24.3 Å². The molecule has 1 aliphatic rings. The lowest BCUT2D eigenvalue weighted by Crippen LogP contribution is -2.48. The van der Waals surface area contributed by atoms with Crippen molar-refractivity contribution in [2.24, 2.45) is 0 Å². The highest BCUT2D eigenvalue weighted by molar-refractivity contribution is 7.90. The van der Waals surface area contributed by atoms with Crippen LogP contribution in [0.4, 0.5) is 5.69 Å². The van der Waals surface area contributed by atoms with Crippen molar-refractivity contribution in [2.75, 3.05) is 17.3 Å². The molecular formula is C23H26N2O5S. The second kappa shape index (κ2) is 8.26. The quantitative estimate of drug-likeness (QED) is 0.693. The van der Waals surface area contributed by atoms with Crippen molar-refractivity contribution in [3.63, 3.8) is 0 Å². The summed E-state index contributed by atoms with van der Waals surface area (Å²) in [5, 5.41) is 2.72. The normalized spacial score (nSPS) is 15.0. The molecule has 1 unspecified atom stereocenters. The molecule has 2 aromatic carbocycles. The third kappa shape index (κ3) is 5.02. The highest BCUT2D eigenvalue weighted by Gasteiger charge is 2.42. The number of hydrogen-bond donors (Lipinski definition) is 1. The monoisotopic (exact) mass is 442 g/mol. The van der Waals surface area contributed by atoms with Crippen LogP contribution < -0.4 is 5.32 Å². The summed E-state index contributed by atoms with van der Waals surface area (Å²) >= 11 is 0. The van der Waals surface area contributed by atoms with Crippen LogP contribution in [0, 0.1) is 0 Å². The van der Waals surface area contributed by atoms with E-state index in [1.165, 1.54) is 12.1 Å². The Morgan fingerprint density at radius 1 is 0.968 bits per heavy atom. The molecule has 0 bridgehead atoms. The summed E-state index contributed by atoms with van der Waals surface area (Å²) in [5.41, 5.74) is 1.94. The van der Waals surface area contributed by atoms with Crippen LogP contribution in [0.2, 0.25) is 0 Å². The number of benzene rings is 2. The number of rotatable bonds is 6. The fourth-order valence-corrected chi connectivity index (χ4v) is 4.12. The number of hydrogen-bond acceptors (Lipinski definition) is 5. The summed E-state index contributed by atoms with van der Waals surface area (Å²) in [6.45, 7) is 6.22. The Bertz CT molecular complexity index is 1100. The zero-order chi connectivity index (χ0) is 23.0. The number of imide groups is 1. The van der Waals surface area contributed by atoms with Crippen molar-refractivity contribution in [3.05, 3.63) is 65.2 Å². The van der Waals surface area contributed by atoms with Gasteiger partial charge in [-0.1, -0.05) is 45.0 Å². The summed E-state index contributed by atoms with van der Waals surface area (Å²) in [4.78, 5) is 39.7. The van der Waals surface area contributed by atoms with E-state index in [4.69, 9.17) is 0 Å². The average Bonchev–Trinajstić information content (AvgIpc) is 2.92. The van der Waals surface area contributed by atoms with Gasteiger partial charge >= 0.3 is 0 Å². The van der Waals surface area contributed by atoms with Gasteiger partial charge in [-0.3, -0.25) is 19.3 Å². The van der Waals surface area contributed by atoms with Crippen molar-refractivity contribution < 1.29 is 22.8 Å². The zero-order valence-corrected chi connectivity index (χ0v) is 18.8. The first-order valence-electron chi connectivity index (χ1n) is 9.94. The van der Waals surface area contributed by atoms with Gasteiger partial charge in [0.15, 0.2) is 0 Å². The van der Waals surface area contributed by atoms with Crippen LogP contribution in [0.15, 0.2) is 48.5 Å². The number of nitrogens with zero attached hydrogens (tertiary/aromatic N) is 1. The Balaban J connectivity index is 1.88. The van der Waals surface area contributed by atoms with Gasteiger partial charge in [-0.2, -0.15) is 0 Å². The molecule has 164 valence electrons. The van der Waals surface area contributed by atoms with Gasteiger partial charge in [-0.05, 0) is 41.7 Å². The van der Waals surface area contributed by atoms with Gasteiger partial charge in [0.05, 0.1) is 16.9 Å². The molecule has 0 fully saturated rings. The molecule has 1 N–H and O–H groups in total. The first-order chi connectivity index (χ1) is 14.4.